The van der Waals surface area contributed by atoms with E-state index in [0.717, 1.165) is 45.7 Å². The third-order valence-corrected chi connectivity index (χ3v) is 17.1. The van der Waals surface area contributed by atoms with Gasteiger partial charge in [0.05, 0.1) is 20.8 Å². The van der Waals surface area contributed by atoms with E-state index in [1.54, 1.807) is 36.4 Å². The van der Waals surface area contributed by atoms with Crippen LogP contribution in [0.15, 0.2) is 128 Å². The molecule has 69 heavy (non-hydrogen) atoms. The third kappa shape index (κ3) is 8.72. The second-order valence-electron chi connectivity index (χ2n) is 17.6. The molecule has 0 amide bonds. The Hall–Kier alpha value is -6.35. The Morgan fingerprint density at radius 1 is 0.739 bits per heavy atom. The number of ketones is 1. The van der Waals surface area contributed by atoms with Crippen molar-refractivity contribution in [2.45, 2.75) is 59.6 Å². The molecule has 0 spiro atoms. The van der Waals surface area contributed by atoms with E-state index >= 15 is 0 Å². The van der Waals surface area contributed by atoms with Crippen molar-refractivity contribution in [3.05, 3.63) is 143 Å². The Morgan fingerprint density at radius 3 is 2.16 bits per heavy atom. The highest BCUT2D eigenvalue weighted by molar-refractivity contribution is 7.89. The zero-order valence-corrected chi connectivity index (χ0v) is 39.1. The molecule has 14 nitrogen and oxygen atoms in total. The van der Waals surface area contributed by atoms with Gasteiger partial charge >= 0.3 is 0 Å². The van der Waals surface area contributed by atoms with E-state index in [9.17, 15) is 53.0 Å². The van der Waals surface area contributed by atoms with Gasteiger partial charge in [-0.2, -0.15) is 25.7 Å². The van der Waals surface area contributed by atoms with Gasteiger partial charge in [-0.25, -0.2) is 17.2 Å². The number of anilines is 2. The van der Waals surface area contributed by atoms with Gasteiger partial charge in [-0.3, -0.25) is 13.9 Å². The van der Waals surface area contributed by atoms with E-state index in [1.807, 2.05) is 45.9 Å². The maximum absolute atomic E-state index is 14.8. The van der Waals surface area contributed by atoms with Crippen LogP contribution in [0.2, 0.25) is 0 Å². The molecule has 0 radical (unpaired) electrons. The zero-order chi connectivity index (χ0) is 48.6. The highest BCUT2D eigenvalue weighted by Crippen LogP contribution is 2.45. The predicted molar refractivity (Wildman–Crippen MR) is 252 cm³/mol. The molecule has 0 aromatic heterocycles. The standard InChI is InChI=1S/C50H43F2N3O11S3/c51-41-24-30(25-42(52)50(41)57)4-3-6-45(56)31-16-20-53(21-17-31)67(58,59)48-7-2-1-5-40(48)49-38-12-8-34(54-22-18-32-26-36(68(60,61)62)10-14-43(32)54)28-46(38)66-47-29-35(9-13-39(47)49)55-23-19-33-27-37(69(63,64)65)11-15-44(33)55/h1-2,5,7-15,24-29,31H,3-4,6,16-23H2,(H2-,57,60,61,62,63,64,65)/p+1. The fraction of sp³-hybridized carbons (Fsp3) is 0.240. The lowest BCUT2D eigenvalue weighted by Gasteiger charge is -2.31. The second-order valence-corrected chi connectivity index (χ2v) is 22.3. The largest absolute Gasteiger partial charge is 0.503 e. The Morgan fingerprint density at radius 2 is 1.43 bits per heavy atom. The molecule has 356 valence electrons. The maximum Gasteiger partial charge on any atom is 0.294 e. The first-order valence-corrected chi connectivity index (χ1v) is 26.6. The number of piperidine rings is 1. The number of hydrogen-bond donors (Lipinski definition) is 3. The van der Waals surface area contributed by atoms with E-state index in [-0.39, 0.29) is 59.2 Å². The van der Waals surface area contributed by atoms with Crippen LogP contribution in [0.4, 0.5) is 25.8 Å². The van der Waals surface area contributed by atoms with Gasteiger partial charge in [-0.15, -0.1) is 0 Å². The van der Waals surface area contributed by atoms with Crippen LogP contribution < -0.4 is 14.8 Å². The molecular weight excluding hydrogens is 953 g/mol. The highest BCUT2D eigenvalue weighted by Gasteiger charge is 2.35. The molecule has 4 aliphatic heterocycles. The lowest BCUT2D eigenvalue weighted by Crippen LogP contribution is -2.40. The van der Waals surface area contributed by atoms with E-state index in [0.29, 0.717) is 71.3 Å². The van der Waals surface area contributed by atoms with Gasteiger partial charge in [0.2, 0.25) is 21.1 Å². The van der Waals surface area contributed by atoms with E-state index < -0.39 is 53.6 Å². The van der Waals surface area contributed by atoms with Crippen molar-refractivity contribution < 1.29 is 57.5 Å². The Balaban J connectivity index is 1.01. The van der Waals surface area contributed by atoms with Crippen LogP contribution in [-0.2, 0) is 54.3 Å². The molecule has 19 heteroatoms. The molecule has 0 atom stereocenters. The molecule has 5 aromatic carbocycles. The monoisotopic (exact) mass is 996 g/mol. The summed E-state index contributed by atoms with van der Waals surface area (Å²) >= 11 is 0. The van der Waals surface area contributed by atoms with Crippen molar-refractivity contribution in [2.24, 2.45) is 5.92 Å². The van der Waals surface area contributed by atoms with Crippen LogP contribution in [0.3, 0.4) is 0 Å². The summed E-state index contributed by atoms with van der Waals surface area (Å²) in [6.45, 7) is 1.18. The van der Waals surface area contributed by atoms with Crippen LogP contribution in [0.25, 0.3) is 33.4 Å². The van der Waals surface area contributed by atoms with Crippen molar-refractivity contribution in [1.29, 1.82) is 0 Å². The number of aromatic hydroxyl groups is 1. The number of hydrogen-bond acceptors (Lipinski definition) is 10. The number of nitrogens with zero attached hydrogens (tertiary/aromatic N) is 3. The van der Waals surface area contributed by atoms with Gasteiger partial charge in [0.15, 0.2) is 23.9 Å². The lowest BCUT2D eigenvalue weighted by atomic mass is 9.90. The van der Waals surface area contributed by atoms with Gasteiger partial charge in [-0.1, -0.05) is 18.2 Å². The summed E-state index contributed by atoms with van der Waals surface area (Å²) in [6, 6.07) is 28.9. The summed E-state index contributed by atoms with van der Waals surface area (Å²) in [4.78, 5) is 14.9. The summed E-state index contributed by atoms with van der Waals surface area (Å²) in [5.74, 6) is -3.23. The number of carbonyl (C=O) groups is 1. The molecule has 5 aliphatic rings. The molecule has 0 bridgehead atoms. The first-order valence-electron chi connectivity index (χ1n) is 22.2. The average molecular weight is 997 g/mol. The number of aryl methyl sites for hydroxylation is 1. The van der Waals surface area contributed by atoms with E-state index in [1.165, 1.54) is 28.6 Å². The van der Waals surface area contributed by atoms with Crippen molar-refractivity contribution in [1.82, 2.24) is 8.88 Å². The molecular formula is C50H44F2N3O11S3+. The summed E-state index contributed by atoms with van der Waals surface area (Å²) in [5.41, 5.74) is 6.02. The van der Waals surface area contributed by atoms with Crippen LogP contribution in [0.5, 0.6) is 5.75 Å². The summed E-state index contributed by atoms with van der Waals surface area (Å²) in [6.07, 6.45) is 2.29. The van der Waals surface area contributed by atoms with Gasteiger partial charge in [0.1, 0.15) is 17.1 Å². The second kappa shape index (κ2) is 17.6. The Labute approximate surface area is 396 Å². The first-order chi connectivity index (χ1) is 32.8. The summed E-state index contributed by atoms with van der Waals surface area (Å²) < 4.78 is 135. The number of fused-ring (bicyclic) bond motifs is 4. The number of carbonyl (C=O) groups excluding carboxylic acids is 1. The zero-order valence-electron chi connectivity index (χ0n) is 36.7. The number of rotatable bonds is 11. The summed E-state index contributed by atoms with van der Waals surface area (Å²) in [7, 11) is -13.0. The number of phenolic OH excluding ortho intramolecular Hbond substituents is 1. The van der Waals surface area contributed by atoms with Crippen molar-refractivity contribution in [3.63, 3.8) is 0 Å². The number of benzene rings is 6. The van der Waals surface area contributed by atoms with Gasteiger partial charge < -0.3 is 14.4 Å². The minimum Gasteiger partial charge on any atom is -0.503 e. The molecule has 0 saturated carbocycles. The SMILES string of the molecule is O=C(CCCc1cc(F)c(O)c(F)c1)C1CCN(S(=O)(=O)c2ccccc2-c2c3ccc(=[N+]4CCc5cc(S(=O)(=O)O)ccc54)cc-3oc3cc(N4CCc5cc(S(=O)(=O)O)ccc54)ccc23)CC1. The smallest absolute Gasteiger partial charge is 0.294 e. The molecule has 3 N–H and O–H groups in total. The Bertz CT molecular complexity index is 3640. The topological polar surface area (TPSA) is 203 Å². The highest BCUT2D eigenvalue weighted by atomic mass is 32.2. The summed E-state index contributed by atoms with van der Waals surface area (Å²) in [5, 5.41) is 10.7. The van der Waals surface area contributed by atoms with Gasteiger partial charge in [0, 0.05) is 95.6 Å². The van der Waals surface area contributed by atoms with Gasteiger partial charge in [-0.05, 0) is 110 Å². The van der Waals surface area contributed by atoms with E-state index in [2.05, 4.69) is 0 Å². The number of Topliss-reactive ketones (excluding diaryl/α,β-unsaturated/α-hetero) is 1. The predicted octanol–water partition coefficient (Wildman–Crippen LogP) is 8.03. The van der Waals surface area contributed by atoms with Gasteiger partial charge in [0.25, 0.3) is 20.2 Å². The quantitative estimate of drug-likeness (QED) is 0.0641. The minimum atomic E-state index is -4.42. The average Bonchev–Trinajstić information content (AvgIpc) is 3.96. The van der Waals surface area contributed by atoms with Crippen LogP contribution >= 0.6 is 0 Å². The molecule has 10 rings (SSSR count). The fourth-order valence-corrected chi connectivity index (χ4v) is 12.7. The number of sulfonamides is 1. The molecule has 1 aliphatic carbocycles. The molecule has 1 fully saturated rings. The Kier molecular flexibility index (Phi) is 11.8. The van der Waals surface area contributed by atoms with Crippen molar-refractivity contribution >= 4 is 64.1 Å². The normalized spacial score (nSPS) is 16.6. The van der Waals surface area contributed by atoms with Crippen molar-refractivity contribution in [3.8, 4) is 28.2 Å². The number of halogens is 2. The van der Waals surface area contributed by atoms with Crippen LogP contribution in [-0.4, -0.2) is 75.7 Å². The molecule has 0 unspecified atom stereocenters. The van der Waals surface area contributed by atoms with Crippen molar-refractivity contribution in [2.75, 3.05) is 31.1 Å². The van der Waals surface area contributed by atoms with Crippen LogP contribution in [0.1, 0.15) is 42.4 Å². The molecule has 4 heterocycles. The third-order valence-electron chi connectivity index (χ3n) is 13.4. The maximum atomic E-state index is 14.8. The lowest BCUT2D eigenvalue weighted by molar-refractivity contribution is -0.124. The number of phenols is 1. The molecule has 5 aromatic rings. The fourth-order valence-electron chi connectivity index (χ4n) is 10.00. The minimum absolute atomic E-state index is 0.0521. The van der Waals surface area contributed by atoms with E-state index in [4.69, 9.17) is 4.42 Å². The van der Waals surface area contributed by atoms with Crippen LogP contribution in [0, 0.1) is 17.6 Å². The molecule has 1 saturated heterocycles. The first kappa shape index (κ1) is 46.4.